The third-order valence-electron chi connectivity index (χ3n) is 6.02. The van der Waals surface area contributed by atoms with Gasteiger partial charge in [-0.15, -0.1) is 0 Å². The van der Waals surface area contributed by atoms with Gasteiger partial charge in [0.2, 0.25) is 11.8 Å². The van der Waals surface area contributed by atoms with E-state index in [0.717, 1.165) is 31.5 Å². The summed E-state index contributed by atoms with van der Waals surface area (Å²) in [5.74, 6) is -1.18. The van der Waals surface area contributed by atoms with Crippen LogP contribution in [-0.4, -0.2) is 60.9 Å². The number of primary amides is 1. The highest BCUT2D eigenvalue weighted by Crippen LogP contribution is 2.34. The number of likely N-dealkylation sites (tertiary alicyclic amines) is 1. The molecule has 2 saturated heterocycles. The molecule has 2 aliphatic rings. The van der Waals surface area contributed by atoms with Crippen LogP contribution in [0.25, 0.3) is 0 Å². The second-order valence-electron chi connectivity index (χ2n) is 9.28. The molecule has 2 heterocycles. The Kier molecular flexibility index (Phi) is 7.26. The fraction of sp³-hybridized carbons (Fsp3) is 0.609. The minimum absolute atomic E-state index is 0.0344. The average Bonchev–Trinajstić information content (AvgIpc) is 3.31. The van der Waals surface area contributed by atoms with Gasteiger partial charge in [-0.2, -0.15) is 0 Å². The summed E-state index contributed by atoms with van der Waals surface area (Å²) < 4.78 is 5.71. The summed E-state index contributed by atoms with van der Waals surface area (Å²) >= 11 is 0. The molecule has 0 aliphatic carbocycles. The summed E-state index contributed by atoms with van der Waals surface area (Å²) in [6.45, 7) is 6.56. The number of benzene rings is 1. The van der Waals surface area contributed by atoms with Gasteiger partial charge < -0.3 is 20.7 Å². The number of nitrogens with one attached hydrogen (secondary N) is 1. The molecule has 0 aromatic heterocycles. The summed E-state index contributed by atoms with van der Waals surface area (Å²) in [5.41, 5.74) is 5.82. The molecule has 3 rings (SSSR count). The van der Waals surface area contributed by atoms with Gasteiger partial charge in [0.25, 0.3) is 0 Å². The Hall–Kier alpha value is -2.25. The Labute approximate surface area is 178 Å². The molecule has 1 aromatic rings. The van der Waals surface area contributed by atoms with Gasteiger partial charge in [-0.1, -0.05) is 44.2 Å². The standard InChI is InChI=1S/C23H33N3O4/c1-23(2,13-20(24)28)12-17(16-8-4-3-5-9-16)22(29)25-21-18(27)15-30-19(21)14-26-10-6-7-11-26/h3-5,8-9,17,19,21H,6-7,10-15H2,1-2H3,(H2,24,28)(H,25,29). The lowest BCUT2D eigenvalue weighted by Gasteiger charge is -2.30. The Morgan fingerprint density at radius 1 is 1.23 bits per heavy atom. The van der Waals surface area contributed by atoms with Gasteiger partial charge in [-0.05, 0) is 43.3 Å². The molecule has 0 spiro atoms. The van der Waals surface area contributed by atoms with Gasteiger partial charge in [0.05, 0.1) is 12.0 Å². The van der Waals surface area contributed by atoms with Crippen LogP contribution < -0.4 is 11.1 Å². The van der Waals surface area contributed by atoms with Crippen LogP contribution in [0.15, 0.2) is 30.3 Å². The molecule has 2 amide bonds. The Balaban J connectivity index is 1.74. The number of rotatable bonds is 9. The summed E-state index contributed by atoms with van der Waals surface area (Å²) in [4.78, 5) is 39.6. The molecular weight excluding hydrogens is 382 g/mol. The number of ether oxygens (including phenoxy) is 1. The molecule has 2 aliphatic heterocycles. The van der Waals surface area contributed by atoms with Crippen molar-refractivity contribution >= 4 is 17.6 Å². The first-order valence-electron chi connectivity index (χ1n) is 10.8. The fourth-order valence-electron chi connectivity index (χ4n) is 4.53. The molecular formula is C23H33N3O4. The van der Waals surface area contributed by atoms with E-state index in [2.05, 4.69) is 10.2 Å². The van der Waals surface area contributed by atoms with Crippen LogP contribution in [-0.2, 0) is 19.1 Å². The fourth-order valence-corrected chi connectivity index (χ4v) is 4.53. The van der Waals surface area contributed by atoms with Crippen molar-refractivity contribution in [1.82, 2.24) is 10.2 Å². The molecule has 0 bridgehead atoms. The number of hydrogen-bond acceptors (Lipinski definition) is 5. The third-order valence-corrected chi connectivity index (χ3v) is 6.02. The Bertz CT molecular complexity index is 759. The van der Waals surface area contributed by atoms with Crippen LogP contribution in [0.4, 0.5) is 0 Å². The molecule has 30 heavy (non-hydrogen) atoms. The number of hydrogen-bond donors (Lipinski definition) is 2. The highest BCUT2D eigenvalue weighted by atomic mass is 16.5. The first-order chi connectivity index (χ1) is 14.2. The molecule has 164 valence electrons. The topological polar surface area (TPSA) is 102 Å². The van der Waals surface area contributed by atoms with Crippen molar-refractivity contribution < 1.29 is 19.1 Å². The lowest BCUT2D eigenvalue weighted by atomic mass is 9.77. The van der Waals surface area contributed by atoms with Crippen molar-refractivity contribution in [3.63, 3.8) is 0 Å². The van der Waals surface area contributed by atoms with Gasteiger partial charge in [0.1, 0.15) is 12.6 Å². The minimum atomic E-state index is -0.636. The monoisotopic (exact) mass is 415 g/mol. The van der Waals surface area contributed by atoms with Crippen molar-refractivity contribution in [2.45, 2.75) is 57.6 Å². The molecule has 3 N–H and O–H groups in total. The second-order valence-corrected chi connectivity index (χ2v) is 9.28. The van der Waals surface area contributed by atoms with E-state index in [9.17, 15) is 14.4 Å². The van der Waals surface area contributed by atoms with E-state index >= 15 is 0 Å². The first-order valence-corrected chi connectivity index (χ1v) is 10.8. The van der Waals surface area contributed by atoms with E-state index in [1.54, 1.807) is 0 Å². The van der Waals surface area contributed by atoms with Crippen LogP contribution in [0.5, 0.6) is 0 Å². The van der Waals surface area contributed by atoms with Crippen LogP contribution in [0.3, 0.4) is 0 Å². The minimum Gasteiger partial charge on any atom is -0.370 e. The smallest absolute Gasteiger partial charge is 0.228 e. The normalized spacial score (nSPS) is 23.5. The predicted molar refractivity (Wildman–Crippen MR) is 114 cm³/mol. The van der Waals surface area contributed by atoms with E-state index in [1.165, 1.54) is 0 Å². The number of Topliss-reactive ketones (excluding diaryl/α,β-unsaturated/α-hetero) is 1. The number of carbonyl (C=O) groups excluding carboxylic acids is 3. The molecule has 0 saturated carbocycles. The van der Waals surface area contributed by atoms with Crippen molar-refractivity contribution in [1.29, 1.82) is 0 Å². The molecule has 3 unspecified atom stereocenters. The maximum absolute atomic E-state index is 13.3. The zero-order chi connectivity index (χ0) is 21.7. The van der Waals surface area contributed by atoms with E-state index in [1.807, 2.05) is 44.2 Å². The highest BCUT2D eigenvalue weighted by Gasteiger charge is 2.40. The maximum atomic E-state index is 13.3. The molecule has 7 nitrogen and oxygen atoms in total. The van der Waals surface area contributed by atoms with E-state index in [0.29, 0.717) is 13.0 Å². The largest absolute Gasteiger partial charge is 0.370 e. The van der Waals surface area contributed by atoms with Gasteiger partial charge in [-0.25, -0.2) is 0 Å². The quantitative estimate of drug-likeness (QED) is 0.638. The lowest BCUT2D eigenvalue weighted by Crippen LogP contribution is -2.50. The van der Waals surface area contributed by atoms with Crippen LogP contribution in [0.1, 0.15) is 51.0 Å². The summed E-state index contributed by atoms with van der Waals surface area (Å²) in [7, 11) is 0. The SMILES string of the molecule is CC(C)(CC(N)=O)CC(C(=O)NC1C(=O)COC1CN1CCCC1)c1ccccc1. The van der Waals surface area contributed by atoms with Crippen molar-refractivity contribution in [2.24, 2.45) is 11.1 Å². The summed E-state index contributed by atoms with van der Waals surface area (Å²) in [5, 5.41) is 2.97. The number of amides is 2. The van der Waals surface area contributed by atoms with Gasteiger partial charge in [-0.3, -0.25) is 14.4 Å². The van der Waals surface area contributed by atoms with Gasteiger partial charge >= 0.3 is 0 Å². The number of nitrogens with two attached hydrogens (primary N) is 1. The third kappa shape index (κ3) is 5.89. The molecule has 3 atom stereocenters. The Morgan fingerprint density at radius 3 is 2.53 bits per heavy atom. The maximum Gasteiger partial charge on any atom is 0.228 e. The van der Waals surface area contributed by atoms with Gasteiger partial charge in [0, 0.05) is 13.0 Å². The number of nitrogens with zero attached hydrogens (tertiary/aromatic N) is 1. The molecule has 2 fully saturated rings. The number of carbonyl (C=O) groups is 3. The Morgan fingerprint density at radius 2 is 1.90 bits per heavy atom. The zero-order valence-electron chi connectivity index (χ0n) is 17.9. The predicted octanol–water partition coefficient (Wildman–Crippen LogP) is 1.61. The summed E-state index contributed by atoms with van der Waals surface area (Å²) in [6, 6.07) is 8.84. The molecule has 7 heteroatoms. The first kappa shape index (κ1) is 22.4. The average molecular weight is 416 g/mol. The molecule has 1 aromatic carbocycles. The van der Waals surface area contributed by atoms with Crippen LogP contribution in [0.2, 0.25) is 0 Å². The van der Waals surface area contributed by atoms with Crippen molar-refractivity contribution in [2.75, 3.05) is 26.2 Å². The molecule has 0 radical (unpaired) electrons. The van der Waals surface area contributed by atoms with Crippen LogP contribution >= 0.6 is 0 Å². The van der Waals surface area contributed by atoms with Crippen molar-refractivity contribution in [3.8, 4) is 0 Å². The van der Waals surface area contributed by atoms with Crippen LogP contribution in [0, 0.1) is 5.41 Å². The van der Waals surface area contributed by atoms with Gasteiger partial charge in [0.15, 0.2) is 5.78 Å². The number of ketones is 1. The second kappa shape index (κ2) is 9.71. The van der Waals surface area contributed by atoms with E-state index in [-0.39, 0.29) is 30.8 Å². The summed E-state index contributed by atoms with van der Waals surface area (Å²) in [6.07, 6.45) is 2.62. The highest BCUT2D eigenvalue weighted by molar-refractivity contribution is 5.93. The van der Waals surface area contributed by atoms with Crippen molar-refractivity contribution in [3.05, 3.63) is 35.9 Å². The van der Waals surface area contributed by atoms with E-state index in [4.69, 9.17) is 10.5 Å². The van der Waals surface area contributed by atoms with E-state index < -0.39 is 23.3 Å². The lowest BCUT2D eigenvalue weighted by molar-refractivity contribution is -0.128. The zero-order valence-corrected chi connectivity index (χ0v) is 17.9.